The topological polar surface area (TPSA) is 149 Å². The minimum atomic E-state index is -1.55. The summed E-state index contributed by atoms with van der Waals surface area (Å²) in [6, 6.07) is -0.726. The number of rotatable bonds is 31. The molecule has 1 rings (SSSR count). The van der Waals surface area contributed by atoms with E-state index in [1.165, 1.54) is 96.3 Å². The van der Waals surface area contributed by atoms with Crippen molar-refractivity contribution in [2.45, 2.75) is 211 Å². The van der Waals surface area contributed by atoms with Gasteiger partial charge in [-0.15, -0.1) is 0 Å². The van der Waals surface area contributed by atoms with Crippen molar-refractivity contribution in [3.05, 3.63) is 12.2 Å². The van der Waals surface area contributed by atoms with Crippen LogP contribution in [0.15, 0.2) is 12.2 Å². The SMILES string of the molecule is CCCCC/C=C/CCCC[C@@H](O)[C@H](CO[C@H]1O[C@@H](CO)[C@H](O)C(O)C1O)NC(=O)CCCCCCCCCCCCCCCCC. The molecular formula is C38H73NO8. The van der Waals surface area contributed by atoms with Crippen molar-refractivity contribution in [2.75, 3.05) is 13.2 Å². The first kappa shape index (κ1) is 44.0. The average Bonchev–Trinajstić information content (AvgIpc) is 3.07. The lowest BCUT2D eigenvalue weighted by Gasteiger charge is -2.40. The Hall–Kier alpha value is -1.07. The summed E-state index contributed by atoms with van der Waals surface area (Å²) < 4.78 is 11.2. The Morgan fingerprint density at radius 2 is 1.19 bits per heavy atom. The molecule has 2 unspecified atom stereocenters. The van der Waals surface area contributed by atoms with E-state index in [0.717, 1.165) is 44.9 Å². The van der Waals surface area contributed by atoms with Gasteiger partial charge < -0.3 is 40.3 Å². The van der Waals surface area contributed by atoms with Crippen LogP contribution in [0.25, 0.3) is 0 Å². The fraction of sp³-hybridized carbons (Fsp3) is 0.921. The number of ether oxygens (including phenoxy) is 2. The second-order valence-electron chi connectivity index (χ2n) is 13.7. The maximum atomic E-state index is 12.9. The monoisotopic (exact) mass is 672 g/mol. The number of hydrogen-bond acceptors (Lipinski definition) is 8. The maximum absolute atomic E-state index is 12.9. The fourth-order valence-corrected chi connectivity index (χ4v) is 6.15. The first-order chi connectivity index (χ1) is 22.8. The van der Waals surface area contributed by atoms with Gasteiger partial charge in [-0.25, -0.2) is 0 Å². The lowest BCUT2D eigenvalue weighted by atomic mass is 9.99. The molecule has 9 nitrogen and oxygen atoms in total. The second-order valence-corrected chi connectivity index (χ2v) is 13.7. The van der Waals surface area contributed by atoms with E-state index in [-0.39, 0.29) is 12.5 Å². The summed E-state index contributed by atoms with van der Waals surface area (Å²) in [6.07, 6.45) is 23.7. The van der Waals surface area contributed by atoms with Crippen molar-refractivity contribution in [1.29, 1.82) is 0 Å². The molecule has 1 aliphatic rings. The molecule has 1 aliphatic heterocycles. The number of carbonyl (C=O) groups is 1. The van der Waals surface area contributed by atoms with Crippen molar-refractivity contribution in [3.63, 3.8) is 0 Å². The molecular weight excluding hydrogens is 598 g/mol. The quantitative estimate of drug-likeness (QED) is 0.0357. The van der Waals surface area contributed by atoms with Crippen LogP contribution in [0.5, 0.6) is 0 Å². The van der Waals surface area contributed by atoms with Gasteiger partial charge in [-0.05, 0) is 38.5 Å². The molecule has 1 fully saturated rings. The molecule has 9 heteroatoms. The Balaban J connectivity index is 2.39. The Bertz CT molecular complexity index is 751. The molecule has 1 amide bonds. The summed E-state index contributed by atoms with van der Waals surface area (Å²) >= 11 is 0. The predicted octanol–water partition coefficient (Wildman–Crippen LogP) is 6.61. The highest BCUT2D eigenvalue weighted by molar-refractivity contribution is 5.76. The van der Waals surface area contributed by atoms with Gasteiger partial charge in [-0.3, -0.25) is 4.79 Å². The molecule has 278 valence electrons. The van der Waals surface area contributed by atoms with Crippen molar-refractivity contribution in [1.82, 2.24) is 5.32 Å². The summed E-state index contributed by atoms with van der Waals surface area (Å²) in [4.78, 5) is 12.9. The Kier molecular flexibility index (Phi) is 27.9. The second kappa shape index (κ2) is 29.8. The van der Waals surface area contributed by atoms with E-state index < -0.39 is 49.5 Å². The van der Waals surface area contributed by atoms with Gasteiger partial charge in [0.15, 0.2) is 6.29 Å². The predicted molar refractivity (Wildman–Crippen MR) is 189 cm³/mol. The summed E-state index contributed by atoms with van der Waals surface area (Å²) in [5.74, 6) is -0.156. The number of hydrogen-bond donors (Lipinski definition) is 6. The molecule has 47 heavy (non-hydrogen) atoms. The number of amides is 1. The largest absolute Gasteiger partial charge is 0.394 e. The summed E-state index contributed by atoms with van der Waals surface area (Å²) in [6.45, 7) is 3.75. The molecule has 0 saturated carbocycles. The van der Waals surface area contributed by atoms with E-state index in [2.05, 4.69) is 31.3 Å². The number of allylic oxidation sites excluding steroid dienone is 2. The minimum absolute atomic E-state index is 0.147. The standard InChI is InChI=1S/C38H73NO8/c1-3-5-7-9-11-13-14-15-16-17-18-20-22-24-26-28-34(42)39-31(32(41)27-25-23-21-19-12-10-8-6-4-2)30-46-38-37(45)36(44)35(43)33(29-40)47-38/h12,19,31-33,35-38,40-41,43-45H,3-11,13-18,20-30H2,1-2H3,(H,39,42)/b19-12+/t31-,32+,33-,35-,36?,37?,38-/m0/s1. The molecule has 0 aromatic carbocycles. The average molecular weight is 672 g/mol. The van der Waals surface area contributed by atoms with E-state index in [1.54, 1.807) is 0 Å². The molecule has 0 spiro atoms. The van der Waals surface area contributed by atoms with Gasteiger partial charge in [0.05, 0.1) is 25.4 Å². The van der Waals surface area contributed by atoms with Gasteiger partial charge in [-0.1, -0.05) is 135 Å². The number of carbonyl (C=O) groups excluding carboxylic acids is 1. The highest BCUT2D eigenvalue weighted by Gasteiger charge is 2.44. The molecule has 0 aromatic heterocycles. The van der Waals surface area contributed by atoms with E-state index in [4.69, 9.17) is 9.47 Å². The van der Waals surface area contributed by atoms with Crippen molar-refractivity contribution < 1.29 is 39.8 Å². The molecule has 0 radical (unpaired) electrons. The zero-order valence-electron chi connectivity index (χ0n) is 30.0. The van der Waals surface area contributed by atoms with Crippen LogP contribution in [-0.2, 0) is 14.3 Å². The van der Waals surface area contributed by atoms with Gasteiger partial charge in [-0.2, -0.15) is 0 Å². The van der Waals surface area contributed by atoms with Crippen LogP contribution in [0.3, 0.4) is 0 Å². The molecule has 0 aliphatic carbocycles. The minimum Gasteiger partial charge on any atom is -0.394 e. The third-order valence-electron chi connectivity index (χ3n) is 9.37. The van der Waals surface area contributed by atoms with Crippen LogP contribution in [0.1, 0.15) is 168 Å². The van der Waals surface area contributed by atoms with E-state index >= 15 is 0 Å². The normalized spacial score (nSPS) is 22.9. The number of nitrogens with one attached hydrogen (secondary N) is 1. The Labute approximate surface area is 286 Å². The smallest absolute Gasteiger partial charge is 0.220 e. The van der Waals surface area contributed by atoms with Crippen LogP contribution in [0.2, 0.25) is 0 Å². The van der Waals surface area contributed by atoms with Crippen LogP contribution in [0, 0.1) is 0 Å². The molecule has 0 aromatic rings. The zero-order chi connectivity index (χ0) is 34.5. The summed E-state index contributed by atoms with van der Waals surface area (Å²) in [5.41, 5.74) is 0. The van der Waals surface area contributed by atoms with Gasteiger partial charge in [0.2, 0.25) is 5.91 Å². The molecule has 6 N–H and O–H groups in total. The van der Waals surface area contributed by atoms with E-state index in [9.17, 15) is 30.3 Å². The Morgan fingerprint density at radius 1 is 0.702 bits per heavy atom. The summed E-state index contributed by atoms with van der Waals surface area (Å²) in [5, 5.41) is 53.9. The molecule has 1 heterocycles. The van der Waals surface area contributed by atoms with E-state index in [1.807, 2.05) is 0 Å². The number of aliphatic hydroxyl groups is 5. The van der Waals surface area contributed by atoms with Crippen molar-refractivity contribution in [3.8, 4) is 0 Å². The van der Waals surface area contributed by atoms with Gasteiger partial charge in [0.1, 0.15) is 24.4 Å². The van der Waals surface area contributed by atoms with Gasteiger partial charge in [0.25, 0.3) is 0 Å². The highest BCUT2D eigenvalue weighted by atomic mass is 16.7. The van der Waals surface area contributed by atoms with Crippen molar-refractivity contribution >= 4 is 5.91 Å². The summed E-state index contributed by atoms with van der Waals surface area (Å²) in [7, 11) is 0. The van der Waals surface area contributed by atoms with Crippen LogP contribution < -0.4 is 5.32 Å². The first-order valence-electron chi connectivity index (χ1n) is 19.4. The molecule has 0 bridgehead atoms. The maximum Gasteiger partial charge on any atom is 0.220 e. The van der Waals surface area contributed by atoms with Gasteiger partial charge in [0, 0.05) is 6.42 Å². The van der Waals surface area contributed by atoms with Crippen LogP contribution in [0.4, 0.5) is 0 Å². The third kappa shape index (κ3) is 21.6. The number of unbranched alkanes of at least 4 members (excludes halogenated alkanes) is 19. The third-order valence-corrected chi connectivity index (χ3v) is 9.37. The fourth-order valence-electron chi connectivity index (χ4n) is 6.15. The van der Waals surface area contributed by atoms with Gasteiger partial charge >= 0.3 is 0 Å². The molecule has 7 atom stereocenters. The number of aliphatic hydroxyl groups excluding tert-OH is 5. The lowest BCUT2D eigenvalue weighted by Crippen LogP contribution is -2.60. The lowest BCUT2D eigenvalue weighted by molar-refractivity contribution is -0.302. The van der Waals surface area contributed by atoms with Crippen molar-refractivity contribution in [2.24, 2.45) is 0 Å². The molecule has 1 saturated heterocycles. The highest BCUT2D eigenvalue weighted by Crippen LogP contribution is 2.23. The van der Waals surface area contributed by atoms with Crippen LogP contribution >= 0.6 is 0 Å². The van der Waals surface area contributed by atoms with E-state index in [0.29, 0.717) is 12.8 Å². The Morgan fingerprint density at radius 3 is 1.72 bits per heavy atom. The zero-order valence-corrected chi connectivity index (χ0v) is 30.0. The van der Waals surface area contributed by atoms with Crippen LogP contribution in [-0.4, -0.2) is 87.5 Å². The first-order valence-corrected chi connectivity index (χ1v) is 19.4.